The summed E-state index contributed by atoms with van der Waals surface area (Å²) in [5.41, 5.74) is 5.07. The highest BCUT2D eigenvalue weighted by molar-refractivity contribution is 9.10. The Kier molecular flexibility index (Phi) is 5.76. The molecule has 0 aliphatic rings. The van der Waals surface area contributed by atoms with Gasteiger partial charge in [0.25, 0.3) is 5.91 Å². The molecule has 2 aromatic carbocycles. The van der Waals surface area contributed by atoms with E-state index in [1.54, 1.807) is 12.1 Å². The molecule has 2 N–H and O–H groups in total. The van der Waals surface area contributed by atoms with E-state index in [9.17, 15) is 9.90 Å². The van der Waals surface area contributed by atoms with Crippen molar-refractivity contribution in [3.05, 3.63) is 57.6 Å². The molecule has 0 radical (unpaired) electrons. The second-order valence-electron chi connectivity index (χ2n) is 5.06. The molecule has 6 heteroatoms. The molecule has 0 fully saturated rings. The van der Waals surface area contributed by atoms with E-state index in [0.717, 1.165) is 15.6 Å². The minimum absolute atomic E-state index is 0.122. The summed E-state index contributed by atoms with van der Waals surface area (Å²) in [5, 5.41) is 13.3. The van der Waals surface area contributed by atoms with E-state index in [2.05, 4.69) is 26.5 Å². The van der Waals surface area contributed by atoms with Crippen LogP contribution >= 0.6 is 15.9 Å². The number of benzene rings is 2. The van der Waals surface area contributed by atoms with Crippen molar-refractivity contribution in [3.63, 3.8) is 0 Å². The summed E-state index contributed by atoms with van der Waals surface area (Å²) >= 11 is 3.33. The number of hydrogen-bond acceptors (Lipinski definition) is 4. The van der Waals surface area contributed by atoms with Gasteiger partial charge in [-0.3, -0.25) is 4.79 Å². The van der Waals surface area contributed by atoms with Gasteiger partial charge in [-0.05, 0) is 49.2 Å². The van der Waals surface area contributed by atoms with E-state index in [0.29, 0.717) is 11.3 Å². The number of hydrogen-bond donors (Lipinski definition) is 2. The number of rotatable bonds is 5. The number of phenols is 1. The van der Waals surface area contributed by atoms with Crippen LogP contribution in [0.15, 0.2) is 46.0 Å². The van der Waals surface area contributed by atoms with Gasteiger partial charge >= 0.3 is 0 Å². The van der Waals surface area contributed by atoms with Gasteiger partial charge in [0.15, 0.2) is 6.61 Å². The van der Waals surface area contributed by atoms with Crippen molar-refractivity contribution in [1.29, 1.82) is 0 Å². The van der Waals surface area contributed by atoms with Crippen LogP contribution in [0.25, 0.3) is 0 Å². The second-order valence-corrected chi connectivity index (χ2v) is 5.91. The van der Waals surface area contributed by atoms with E-state index in [4.69, 9.17) is 4.74 Å². The SMILES string of the molecule is Cc1ccc(C)c(OCC(=O)N/N=C/c2cc(O)ccc2Br)c1. The number of aryl methyl sites for hydroxylation is 2. The van der Waals surface area contributed by atoms with Crippen LogP contribution in [0.5, 0.6) is 11.5 Å². The maximum Gasteiger partial charge on any atom is 0.277 e. The molecule has 0 bridgehead atoms. The Labute approximate surface area is 143 Å². The first-order valence-electron chi connectivity index (χ1n) is 6.96. The van der Waals surface area contributed by atoms with Gasteiger partial charge in [0, 0.05) is 10.0 Å². The highest BCUT2D eigenvalue weighted by Crippen LogP contribution is 2.20. The number of nitrogens with one attached hydrogen (secondary N) is 1. The largest absolute Gasteiger partial charge is 0.508 e. The summed E-state index contributed by atoms with van der Waals surface area (Å²) in [6.45, 7) is 3.76. The number of aromatic hydroxyl groups is 1. The first-order chi connectivity index (χ1) is 11.0. The van der Waals surface area contributed by atoms with Crippen LogP contribution in [0.1, 0.15) is 16.7 Å². The van der Waals surface area contributed by atoms with Gasteiger partial charge in [0.05, 0.1) is 6.21 Å². The number of amides is 1. The Bertz CT molecular complexity index is 745. The van der Waals surface area contributed by atoms with E-state index in [-0.39, 0.29) is 18.3 Å². The van der Waals surface area contributed by atoms with Gasteiger partial charge in [-0.1, -0.05) is 28.1 Å². The number of nitrogens with zero attached hydrogens (tertiary/aromatic N) is 1. The zero-order valence-electron chi connectivity index (χ0n) is 12.8. The molecule has 2 aromatic rings. The molecule has 5 nitrogen and oxygen atoms in total. The van der Waals surface area contributed by atoms with Gasteiger partial charge in [0.2, 0.25) is 0 Å². The predicted octanol–water partition coefficient (Wildman–Crippen LogP) is 3.30. The number of phenolic OH excluding ortho intramolecular Hbond substituents is 1. The van der Waals surface area contributed by atoms with Crippen molar-refractivity contribution < 1.29 is 14.6 Å². The fourth-order valence-electron chi connectivity index (χ4n) is 1.84. The van der Waals surface area contributed by atoms with Gasteiger partial charge in [-0.2, -0.15) is 5.10 Å². The van der Waals surface area contributed by atoms with Gasteiger partial charge < -0.3 is 9.84 Å². The molecular formula is C17H17BrN2O3. The van der Waals surface area contributed by atoms with Crippen LogP contribution in [-0.4, -0.2) is 23.8 Å². The van der Waals surface area contributed by atoms with E-state index < -0.39 is 0 Å². The zero-order chi connectivity index (χ0) is 16.8. The quantitative estimate of drug-likeness (QED) is 0.621. The van der Waals surface area contributed by atoms with Crippen LogP contribution in [0.4, 0.5) is 0 Å². The van der Waals surface area contributed by atoms with Crippen LogP contribution in [0, 0.1) is 13.8 Å². The Morgan fingerprint density at radius 3 is 2.87 bits per heavy atom. The van der Waals surface area contributed by atoms with Crippen LogP contribution in [0.2, 0.25) is 0 Å². The van der Waals surface area contributed by atoms with Gasteiger partial charge in [-0.25, -0.2) is 5.43 Å². The van der Waals surface area contributed by atoms with E-state index >= 15 is 0 Å². The summed E-state index contributed by atoms with van der Waals surface area (Å²) in [6.07, 6.45) is 1.44. The Morgan fingerprint density at radius 1 is 1.30 bits per heavy atom. The monoisotopic (exact) mass is 376 g/mol. The highest BCUT2D eigenvalue weighted by Gasteiger charge is 2.04. The summed E-state index contributed by atoms with van der Waals surface area (Å²) in [7, 11) is 0. The summed E-state index contributed by atoms with van der Waals surface area (Å²) in [6, 6.07) is 10.6. The maximum absolute atomic E-state index is 11.7. The van der Waals surface area contributed by atoms with Crippen molar-refractivity contribution >= 4 is 28.1 Å². The first kappa shape index (κ1) is 17.0. The Balaban J connectivity index is 1.89. The molecule has 2 rings (SSSR count). The standard InChI is InChI=1S/C17H17BrN2O3/c1-11-3-4-12(2)16(7-11)23-10-17(22)20-19-9-13-8-14(21)5-6-15(13)18/h3-9,21H,10H2,1-2H3,(H,20,22)/b19-9+. The fraction of sp³-hybridized carbons (Fsp3) is 0.176. The lowest BCUT2D eigenvalue weighted by Gasteiger charge is -2.08. The lowest BCUT2D eigenvalue weighted by molar-refractivity contribution is -0.123. The average Bonchev–Trinajstić information content (AvgIpc) is 2.51. The van der Waals surface area contributed by atoms with E-state index in [1.165, 1.54) is 12.3 Å². The third-order valence-corrected chi connectivity index (χ3v) is 3.80. The zero-order valence-corrected chi connectivity index (χ0v) is 14.4. The third kappa shape index (κ3) is 5.10. The van der Waals surface area contributed by atoms with Crippen molar-refractivity contribution in [2.75, 3.05) is 6.61 Å². The normalized spacial score (nSPS) is 10.7. The van der Waals surface area contributed by atoms with Crippen molar-refractivity contribution in [3.8, 4) is 11.5 Å². The minimum Gasteiger partial charge on any atom is -0.508 e. The molecular weight excluding hydrogens is 360 g/mol. The molecule has 0 unspecified atom stereocenters. The average molecular weight is 377 g/mol. The third-order valence-electron chi connectivity index (χ3n) is 3.07. The molecule has 0 heterocycles. The fourth-order valence-corrected chi connectivity index (χ4v) is 2.19. The lowest BCUT2D eigenvalue weighted by atomic mass is 10.1. The molecule has 0 spiro atoms. The van der Waals surface area contributed by atoms with Crippen molar-refractivity contribution in [2.24, 2.45) is 5.10 Å². The topological polar surface area (TPSA) is 70.9 Å². The molecule has 0 atom stereocenters. The molecule has 0 saturated carbocycles. The highest BCUT2D eigenvalue weighted by atomic mass is 79.9. The van der Waals surface area contributed by atoms with Crippen LogP contribution in [-0.2, 0) is 4.79 Å². The van der Waals surface area contributed by atoms with Crippen molar-refractivity contribution in [1.82, 2.24) is 5.43 Å². The molecule has 0 aromatic heterocycles. The first-order valence-corrected chi connectivity index (χ1v) is 7.75. The molecule has 23 heavy (non-hydrogen) atoms. The smallest absolute Gasteiger partial charge is 0.277 e. The van der Waals surface area contributed by atoms with Crippen LogP contribution in [0.3, 0.4) is 0 Å². The number of halogens is 1. The molecule has 0 saturated heterocycles. The second kappa shape index (κ2) is 7.78. The van der Waals surface area contributed by atoms with Crippen molar-refractivity contribution in [2.45, 2.75) is 13.8 Å². The molecule has 1 amide bonds. The van der Waals surface area contributed by atoms with Crippen LogP contribution < -0.4 is 10.2 Å². The lowest BCUT2D eigenvalue weighted by Crippen LogP contribution is -2.24. The van der Waals surface area contributed by atoms with Gasteiger partial charge in [-0.15, -0.1) is 0 Å². The number of hydrazone groups is 1. The Morgan fingerprint density at radius 2 is 2.09 bits per heavy atom. The summed E-state index contributed by atoms with van der Waals surface area (Å²) in [4.78, 5) is 11.7. The number of ether oxygens (including phenoxy) is 1. The molecule has 0 aliphatic heterocycles. The predicted molar refractivity (Wildman–Crippen MR) is 93.0 cm³/mol. The summed E-state index contributed by atoms with van der Waals surface area (Å²) in [5.74, 6) is 0.442. The number of carbonyl (C=O) groups is 1. The number of carbonyl (C=O) groups excluding carboxylic acids is 1. The summed E-state index contributed by atoms with van der Waals surface area (Å²) < 4.78 is 6.25. The minimum atomic E-state index is -0.363. The van der Waals surface area contributed by atoms with E-state index in [1.807, 2.05) is 32.0 Å². The van der Waals surface area contributed by atoms with Gasteiger partial charge in [0.1, 0.15) is 11.5 Å². The molecule has 120 valence electrons. The maximum atomic E-state index is 11.7. The Hall–Kier alpha value is -2.34. The molecule has 0 aliphatic carbocycles.